The largest absolute Gasteiger partial charge is 0.451 e. The number of aromatic nitrogens is 4. The Kier molecular flexibility index (Phi) is 5.96. The van der Waals surface area contributed by atoms with Crippen LogP contribution in [0.1, 0.15) is 12.5 Å². The van der Waals surface area contributed by atoms with Crippen LogP contribution in [-0.2, 0) is 6.54 Å². The first kappa shape index (κ1) is 23.5. The molecule has 0 radical (unpaired) electrons. The molecule has 8 nitrogen and oxygen atoms in total. The molecule has 1 saturated heterocycles. The van der Waals surface area contributed by atoms with Gasteiger partial charge in [0.25, 0.3) is 0 Å². The molecule has 0 aliphatic carbocycles. The highest BCUT2D eigenvalue weighted by molar-refractivity contribution is 5.50. The molecule has 1 aliphatic rings. The minimum absolute atomic E-state index is 0.0137. The van der Waals surface area contributed by atoms with E-state index in [4.69, 9.17) is 10.5 Å². The van der Waals surface area contributed by atoms with Gasteiger partial charge in [-0.2, -0.15) is 9.78 Å². The number of nitrogens with two attached hydrogens (primary N) is 1. The van der Waals surface area contributed by atoms with E-state index in [0.29, 0.717) is 12.4 Å². The quantitative estimate of drug-likeness (QED) is 0.409. The van der Waals surface area contributed by atoms with Crippen molar-refractivity contribution in [3.05, 3.63) is 94.3 Å². The molecule has 186 valence electrons. The summed E-state index contributed by atoms with van der Waals surface area (Å²) in [7, 11) is 0. The van der Waals surface area contributed by atoms with Crippen molar-refractivity contribution in [1.29, 1.82) is 0 Å². The molecule has 0 bridgehead atoms. The minimum atomic E-state index is -0.883. The Bertz CT molecular complexity index is 1480. The van der Waals surface area contributed by atoms with E-state index >= 15 is 0 Å². The van der Waals surface area contributed by atoms with Gasteiger partial charge in [-0.15, -0.1) is 0 Å². The van der Waals surface area contributed by atoms with Gasteiger partial charge in [0.05, 0.1) is 18.4 Å². The minimum Gasteiger partial charge on any atom is -0.451 e. The lowest BCUT2D eigenvalue weighted by Gasteiger charge is -2.45. The molecule has 0 unspecified atom stereocenters. The number of nitrogens with zero attached hydrogens (tertiary/aromatic N) is 5. The van der Waals surface area contributed by atoms with Gasteiger partial charge in [0.15, 0.2) is 23.1 Å². The highest BCUT2D eigenvalue weighted by Crippen LogP contribution is 2.32. The van der Waals surface area contributed by atoms with Crippen molar-refractivity contribution in [2.75, 3.05) is 11.4 Å². The van der Waals surface area contributed by atoms with E-state index in [9.17, 15) is 22.4 Å². The number of halogens is 4. The molecule has 36 heavy (non-hydrogen) atoms. The van der Waals surface area contributed by atoms with Gasteiger partial charge in [-0.25, -0.2) is 27.3 Å². The molecular formula is C24H20F4N6O2. The average molecular weight is 500 g/mol. The maximum atomic E-state index is 14.9. The van der Waals surface area contributed by atoms with Crippen LogP contribution in [0.3, 0.4) is 0 Å². The summed E-state index contributed by atoms with van der Waals surface area (Å²) >= 11 is 0. The Hall–Kier alpha value is -4.19. The van der Waals surface area contributed by atoms with Crippen molar-refractivity contribution in [1.82, 2.24) is 19.3 Å². The van der Waals surface area contributed by atoms with E-state index in [2.05, 4.69) is 10.1 Å². The molecule has 2 aromatic heterocycles. The van der Waals surface area contributed by atoms with E-state index < -0.39 is 35.5 Å². The molecule has 12 heteroatoms. The number of hydrogen-bond donors (Lipinski definition) is 1. The molecule has 3 heterocycles. The van der Waals surface area contributed by atoms with Crippen molar-refractivity contribution in [2.24, 2.45) is 5.73 Å². The van der Waals surface area contributed by atoms with Gasteiger partial charge in [-0.3, -0.25) is 4.57 Å². The summed E-state index contributed by atoms with van der Waals surface area (Å²) in [4.78, 5) is 18.6. The maximum Gasteiger partial charge on any atom is 0.350 e. The third-order valence-electron chi connectivity index (χ3n) is 6.12. The molecule has 1 fully saturated rings. The summed E-state index contributed by atoms with van der Waals surface area (Å²) in [6.07, 6.45) is 2.07. The van der Waals surface area contributed by atoms with Gasteiger partial charge >= 0.3 is 5.69 Å². The Morgan fingerprint density at radius 1 is 1.03 bits per heavy atom. The van der Waals surface area contributed by atoms with Crippen LogP contribution in [0.4, 0.5) is 23.4 Å². The van der Waals surface area contributed by atoms with Gasteiger partial charge in [0.2, 0.25) is 0 Å². The second kappa shape index (κ2) is 9.11. The molecule has 0 spiro atoms. The molecule has 0 saturated carbocycles. The fraction of sp³-hybridized carbons (Fsp3) is 0.208. The molecular weight excluding hydrogens is 480 g/mol. The maximum absolute atomic E-state index is 14.9. The zero-order valence-electron chi connectivity index (χ0n) is 18.9. The third kappa shape index (κ3) is 4.19. The van der Waals surface area contributed by atoms with E-state index in [1.54, 1.807) is 0 Å². The molecule has 1 aliphatic heterocycles. The highest BCUT2D eigenvalue weighted by Gasteiger charge is 2.33. The lowest BCUT2D eigenvalue weighted by molar-refractivity contribution is 0.394. The van der Waals surface area contributed by atoms with Crippen LogP contribution < -0.4 is 21.1 Å². The lowest BCUT2D eigenvalue weighted by Crippen LogP contribution is -2.63. The highest BCUT2D eigenvalue weighted by atomic mass is 19.1. The summed E-state index contributed by atoms with van der Waals surface area (Å²) in [5.41, 5.74) is 4.90. The second-order valence-corrected chi connectivity index (χ2v) is 8.40. The van der Waals surface area contributed by atoms with E-state index in [0.717, 1.165) is 40.0 Å². The van der Waals surface area contributed by atoms with E-state index in [-0.39, 0.29) is 34.8 Å². The summed E-state index contributed by atoms with van der Waals surface area (Å²) in [6, 6.07) is 8.26. The van der Waals surface area contributed by atoms with Crippen molar-refractivity contribution >= 4 is 5.82 Å². The standard InChI is InChI=1S/C24H20F4N6O2/c1-13-20(29)11-33(13)23-8-22(19(28)9-30-23)36-21-6-5-14(7-18(21)27)34-24(35)32(12-31-34)10-15-16(25)3-2-4-17(15)26/h2-9,12-13,20H,10-11,29H2,1H3/t13-,20+/m0/s1. The predicted molar refractivity (Wildman–Crippen MR) is 122 cm³/mol. The fourth-order valence-electron chi connectivity index (χ4n) is 3.88. The van der Waals surface area contributed by atoms with Crippen molar-refractivity contribution in [3.8, 4) is 17.2 Å². The summed E-state index contributed by atoms with van der Waals surface area (Å²) in [5.74, 6) is -3.35. The van der Waals surface area contributed by atoms with E-state index in [1.165, 1.54) is 24.3 Å². The van der Waals surface area contributed by atoms with E-state index in [1.807, 2.05) is 11.8 Å². The zero-order chi connectivity index (χ0) is 25.6. The number of ether oxygens (including phenoxy) is 1. The van der Waals surface area contributed by atoms with Crippen LogP contribution >= 0.6 is 0 Å². The van der Waals surface area contributed by atoms with Gasteiger partial charge < -0.3 is 15.4 Å². The molecule has 4 aromatic rings. The number of hydrogen-bond acceptors (Lipinski definition) is 6. The van der Waals surface area contributed by atoms with Crippen LogP contribution in [0.5, 0.6) is 11.5 Å². The Morgan fingerprint density at radius 3 is 2.44 bits per heavy atom. The summed E-state index contributed by atoms with van der Waals surface area (Å²) in [6.45, 7) is 2.06. The number of anilines is 1. The van der Waals surface area contributed by atoms with Crippen LogP contribution in [0.25, 0.3) is 5.69 Å². The first-order valence-electron chi connectivity index (χ1n) is 11.0. The first-order valence-corrected chi connectivity index (χ1v) is 11.0. The zero-order valence-corrected chi connectivity index (χ0v) is 18.9. The Morgan fingerprint density at radius 2 is 1.78 bits per heavy atom. The number of benzene rings is 2. The van der Waals surface area contributed by atoms with Crippen LogP contribution in [0.15, 0.2) is 59.8 Å². The van der Waals surface area contributed by atoms with Crippen molar-refractivity contribution in [2.45, 2.75) is 25.6 Å². The fourth-order valence-corrected chi connectivity index (χ4v) is 3.88. The predicted octanol–water partition coefficient (Wildman–Crippen LogP) is 3.36. The van der Waals surface area contributed by atoms with Crippen LogP contribution in [-0.4, -0.2) is 38.0 Å². The second-order valence-electron chi connectivity index (χ2n) is 8.40. The average Bonchev–Trinajstić information content (AvgIpc) is 3.22. The SMILES string of the molecule is C[C@H]1[C@H](N)CN1c1cc(Oc2ccc(-n3ncn(Cc4c(F)cccc4F)c3=O)cc2F)c(F)cn1. The van der Waals surface area contributed by atoms with Crippen molar-refractivity contribution in [3.63, 3.8) is 0 Å². The molecule has 0 amide bonds. The van der Waals surface area contributed by atoms with Gasteiger partial charge in [0, 0.05) is 36.3 Å². The van der Waals surface area contributed by atoms with Gasteiger partial charge in [-0.1, -0.05) is 6.07 Å². The number of pyridine rings is 1. The smallest absolute Gasteiger partial charge is 0.350 e. The lowest BCUT2D eigenvalue weighted by atomic mass is 9.99. The molecule has 2 aromatic carbocycles. The van der Waals surface area contributed by atoms with Gasteiger partial charge in [-0.05, 0) is 31.2 Å². The van der Waals surface area contributed by atoms with Crippen molar-refractivity contribution < 1.29 is 22.3 Å². The summed E-state index contributed by atoms with van der Waals surface area (Å²) in [5, 5.41) is 3.90. The first-order chi connectivity index (χ1) is 17.2. The monoisotopic (exact) mass is 500 g/mol. The third-order valence-corrected chi connectivity index (χ3v) is 6.12. The van der Waals surface area contributed by atoms with Crippen LogP contribution in [0, 0.1) is 23.3 Å². The topological polar surface area (TPSA) is 91.2 Å². The molecule has 5 rings (SSSR count). The molecule has 2 atom stereocenters. The Balaban J connectivity index is 1.38. The van der Waals surface area contributed by atoms with Crippen LogP contribution in [0.2, 0.25) is 0 Å². The number of rotatable bonds is 6. The molecule has 2 N–H and O–H groups in total. The van der Waals surface area contributed by atoms with Gasteiger partial charge in [0.1, 0.15) is 23.8 Å². The normalized spacial score (nSPS) is 17.2. The summed E-state index contributed by atoms with van der Waals surface area (Å²) < 4.78 is 64.4. The Labute approximate surface area is 202 Å².